The molecule has 112 valence electrons. The number of aliphatic hydroxyl groups excluding tert-OH is 1. The Labute approximate surface area is 122 Å². The highest BCUT2D eigenvalue weighted by Gasteiger charge is 2.14. The zero-order valence-electron chi connectivity index (χ0n) is 12.6. The van der Waals surface area contributed by atoms with E-state index in [4.69, 9.17) is 5.11 Å². The summed E-state index contributed by atoms with van der Waals surface area (Å²) >= 11 is 0. The van der Waals surface area contributed by atoms with Crippen molar-refractivity contribution in [3.63, 3.8) is 0 Å². The topological polar surface area (TPSA) is 44.3 Å². The summed E-state index contributed by atoms with van der Waals surface area (Å²) in [6, 6.07) is 9.38. The molecule has 2 unspecified atom stereocenters. The molecule has 0 aromatic heterocycles. The second-order valence-electron chi connectivity index (χ2n) is 5.99. The molecule has 1 aromatic carbocycles. The maximum absolute atomic E-state index is 9.03. The molecule has 3 heteroatoms. The molecule has 0 amide bonds. The Kier molecular flexibility index (Phi) is 6.51. The molecule has 0 aliphatic carbocycles. The lowest BCUT2D eigenvalue weighted by molar-refractivity contribution is 0.282. The third kappa shape index (κ3) is 5.23. The summed E-state index contributed by atoms with van der Waals surface area (Å²) in [5.41, 5.74) is 2.26. The van der Waals surface area contributed by atoms with Crippen molar-refractivity contribution in [2.45, 2.75) is 64.3 Å². The average Bonchev–Trinajstić information content (AvgIpc) is 2.74. The van der Waals surface area contributed by atoms with Gasteiger partial charge in [-0.25, -0.2) is 0 Å². The van der Waals surface area contributed by atoms with E-state index in [9.17, 15) is 0 Å². The first-order valence-electron chi connectivity index (χ1n) is 7.93. The normalized spacial score (nSPS) is 21.4. The minimum absolute atomic E-state index is 0.122. The van der Waals surface area contributed by atoms with Gasteiger partial charge in [0, 0.05) is 18.6 Å². The predicted octanol–water partition coefficient (Wildman–Crippen LogP) is 2.58. The minimum atomic E-state index is 0.122. The van der Waals surface area contributed by atoms with Gasteiger partial charge < -0.3 is 15.7 Å². The molecule has 3 N–H and O–H groups in total. The van der Waals surface area contributed by atoms with Crippen molar-refractivity contribution in [3.8, 4) is 0 Å². The van der Waals surface area contributed by atoms with Crippen LogP contribution in [0.1, 0.15) is 50.2 Å². The third-order valence-corrected chi connectivity index (χ3v) is 4.16. The fraction of sp³-hybridized carbons (Fsp3) is 0.647. The number of nitrogens with one attached hydrogen (secondary N) is 2. The monoisotopic (exact) mass is 276 g/mol. The zero-order valence-corrected chi connectivity index (χ0v) is 12.6. The summed E-state index contributed by atoms with van der Waals surface area (Å²) in [4.78, 5) is 0. The zero-order chi connectivity index (χ0) is 14.2. The summed E-state index contributed by atoms with van der Waals surface area (Å²) < 4.78 is 0. The predicted molar refractivity (Wildman–Crippen MR) is 83.5 cm³/mol. The van der Waals surface area contributed by atoms with Crippen LogP contribution < -0.4 is 10.6 Å². The van der Waals surface area contributed by atoms with Crippen LogP contribution in [0.2, 0.25) is 0 Å². The second-order valence-corrected chi connectivity index (χ2v) is 5.99. The Balaban J connectivity index is 1.71. The van der Waals surface area contributed by atoms with Crippen LogP contribution in [0.4, 0.5) is 0 Å². The first-order chi connectivity index (χ1) is 9.78. The summed E-state index contributed by atoms with van der Waals surface area (Å²) in [6.45, 7) is 4.48. The molecule has 0 spiro atoms. The van der Waals surface area contributed by atoms with Gasteiger partial charge in [-0.15, -0.1) is 0 Å². The number of aliphatic hydroxyl groups is 1. The smallest absolute Gasteiger partial charge is 0.0681 e. The van der Waals surface area contributed by atoms with E-state index < -0.39 is 0 Å². The highest BCUT2D eigenvalue weighted by molar-refractivity contribution is 5.21. The molecule has 1 aromatic rings. The summed E-state index contributed by atoms with van der Waals surface area (Å²) in [7, 11) is 0. The van der Waals surface area contributed by atoms with Gasteiger partial charge in [-0.05, 0) is 43.9 Å². The molecule has 1 heterocycles. The molecule has 1 aliphatic heterocycles. The average molecular weight is 276 g/mol. The molecule has 0 bridgehead atoms. The standard InChI is InChI=1S/C17H28N2O/c1-14(11-17-5-3-2-4-10-18-17)19-12-15-6-8-16(13-20)9-7-15/h6-9,14,17-20H,2-5,10-13H2,1H3. The van der Waals surface area contributed by atoms with Gasteiger partial charge in [0.05, 0.1) is 6.61 Å². The van der Waals surface area contributed by atoms with Crippen molar-refractivity contribution in [1.82, 2.24) is 10.6 Å². The van der Waals surface area contributed by atoms with Crippen LogP contribution >= 0.6 is 0 Å². The van der Waals surface area contributed by atoms with Gasteiger partial charge in [-0.2, -0.15) is 0 Å². The van der Waals surface area contributed by atoms with Crippen LogP contribution in [-0.2, 0) is 13.2 Å². The van der Waals surface area contributed by atoms with E-state index in [1.807, 2.05) is 12.1 Å². The first kappa shape index (κ1) is 15.5. The molecule has 1 fully saturated rings. The number of hydrogen-bond donors (Lipinski definition) is 3. The lowest BCUT2D eigenvalue weighted by Gasteiger charge is -2.21. The molecule has 0 saturated carbocycles. The van der Waals surface area contributed by atoms with E-state index in [0.717, 1.165) is 12.1 Å². The maximum Gasteiger partial charge on any atom is 0.0681 e. The fourth-order valence-electron chi connectivity index (χ4n) is 2.87. The van der Waals surface area contributed by atoms with E-state index in [-0.39, 0.29) is 6.61 Å². The molecule has 1 aliphatic rings. The van der Waals surface area contributed by atoms with Gasteiger partial charge in [0.2, 0.25) is 0 Å². The lowest BCUT2D eigenvalue weighted by atomic mass is 10.0. The van der Waals surface area contributed by atoms with Crippen molar-refractivity contribution in [2.75, 3.05) is 6.54 Å². The van der Waals surface area contributed by atoms with Crippen LogP contribution in [0.3, 0.4) is 0 Å². The molecule has 2 rings (SSSR count). The van der Waals surface area contributed by atoms with E-state index >= 15 is 0 Å². The Morgan fingerprint density at radius 3 is 2.70 bits per heavy atom. The highest BCUT2D eigenvalue weighted by atomic mass is 16.3. The lowest BCUT2D eigenvalue weighted by Crippen LogP contribution is -2.36. The third-order valence-electron chi connectivity index (χ3n) is 4.16. The van der Waals surface area contributed by atoms with E-state index in [1.165, 1.54) is 44.2 Å². The molecule has 1 saturated heterocycles. The van der Waals surface area contributed by atoms with Crippen molar-refractivity contribution in [3.05, 3.63) is 35.4 Å². The Morgan fingerprint density at radius 1 is 1.20 bits per heavy atom. The molecule has 20 heavy (non-hydrogen) atoms. The number of rotatable bonds is 6. The van der Waals surface area contributed by atoms with Gasteiger partial charge in [0.1, 0.15) is 0 Å². The summed E-state index contributed by atoms with van der Waals surface area (Å²) in [5, 5.41) is 16.3. The van der Waals surface area contributed by atoms with Gasteiger partial charge in [0.25, 0.3) is 0 Å². The van der Waals surface area contributed by atoms with E-state index in [2.05, 4.69) is 29.7 Å². The van der Waals surface area contributed by atoms with Gasteiger partial charge in [-0.1, -0.05) is 37.1 Å². The molecule has 0 radical (unpaired) electrons. The number of benzene rings is 1. The van der Waals surface area contributed by atoms with E-state index in [1.54, 1.807) is 0 Å². The minimum Gasteiger partial charge on any atom is -0.392 e. The fourth-order valence-corrected chi connectivity index (χ4v) is 2.87. The van der Waals surface area contributed by atoms with Crippen LogP contribution in [0.25, 0.3) is 0 Å². The second kappa shape index (κ2) is 8.40. The SMILES string of the molecule is CC(CC1CCCCCN1)NCc1ccc(CO)cc1. The Bertz CT molecular complexity index is 369. The highest BCUT2D eigenvalue weighted by Crippen LogP contribution is 2.13. The molecule has 2 atom stereocenters. The van der Waals surface area contributed by atoms with Gasteiger partial charge in [0.15, 0.2) is 0 Å². The van der Waals surface area contributed by atoms with Crippen LogP contribution in [0.15, 0.2) is 24.3 Å². The van der Waals surface area contributed by atoms with Crippen molar-refractivity contribution < 1.29 is 5.11 Å². The molecular weight excluding hydrogens is 248 g/mol. The van der Waals surface area contributed by atoms with Crippen molar-refractivity contribution in [2.24, 2.45) is 0 Å². The molecular formula is C17H28N2O. The summed E-state index contributed by atoms with van der Waals surface area (Å²) in [5.74, 6) is 0. The van der Waals surface area contributed by atoms with Gasteiger partial charge >= 0.3 is 0 Å². The van der Waals surface area contributed by atoms with Crippen LogP contribution in [0.5, 0.6) is 0 Å². The van der Waals surface area contributed by atoms with Crippen LogP contribution in [-0.4, -0.2) is 23.7 Å². The van der Waals surface area contributed by atoms with Gasteiger partial charge in [-0.3, -0.25) is 0 Å². The van der Waals surface area contributed by atoms with Crippen molar-refractivity contribution in [1.29, 1.82) is 0 Å². The first-order valence-corrected chi connectivity index (χ1v) is 7.93. The molecule has 3 nitrogen and oxygen atoms in total. The maximum atomic E-state index is 9.03. The van der Waals surface area contributed by atoms with E-state index in [0.29, 0.717) is 12.1 Å². The Morgan fingerprint density at radius 2 is 1.95 bits per heavy atom. The van der Waals surface area contributed by atoms with Crippen molar-refractivity contribution >= 4 is 0 Å². The number of hydrogen-bond acceptors (Lipinski definition) is 3. The largest absolute Gasteiger partial charge is 0.392 e. The quantitative estimate of drug-likeness (QED) is 0.748. The summed E-state index contributed by atoms with van der Waals surface area (Å²) in [6.07, 6.45) is 6.59. The van der Waals surface area contributed by atoms with Crippen LogP contribution in [0, 0.1) is 0 Å². The Hall–Kier alpha value is -0.900.